The number of benzene rings is 1. The van der Waals surface area contributed by atoms with E-state index in [0.29, 0.717) is 0 Å². The van der Waals surface area contributed by atoms with Crippen molar-refractivity contribution in [2.75, 3.05) is 19.7 Å². The molecule has 3 heteroatoms. The summed E-state index contributed by atoms with van der Waals surface area (Å²) < 4.78 is 5.73. The molecule has 0 bridgehead atoms. The van der Waals surface area contributed by atoms with Gasteiger partial charge in [0.15, 0.2) is 0 Å². The minimum atomic E-state index is 0.741. The molecule has 1 aliphatic carbocycles. The van der Waals surface area contributed by atoms with Crippen molar-refractivity contribution in [1.82, 2.24) is 5.32 Å². The monoisotopic (exact) mass is 223 g/mol. The molecule has 2 nitrogen and oxygen atoms in total. The lowest BCUT2D eigenvalue weighted by molar-refractivity contribution is 0.280. The van der Waals surface area contributed by atoms with Crippen molar-refractivity contribution in [3.05, 3.63) is 29.3 Å². The Labute approximate surface area is 94.6 Å². The molecule has 2 aliphatic rings. The molecule has 3 rings (SSSR count). The van der Waals surface area contributed by atoms with Crippen LogP contribution in [0.2, 0.25) is 5.02 Å². The molecule has 1 aliphatic heterocycles. The molecule has 0 radical (unpaired) electrons. The van der Waals surface area contributed by atoms with Gasteiger partial charge in [-0.3, -0.25) is 0 Å². The molecule has 1 saturated heterocycles. The lowest BCUT2D eigenvalue weighted by atomic mass is 10.3. The Bertz CT molecular complexity index is 358. The van der Waals surface area contributed by atoms with Crippen molar-refractivity contribution < 1.29 is 4.74 Å². The van der Waals surface area contributed by atoms with Gasteiger partial charge in [-0.2, -0.15) is 0 Å². The SMILES string of the molecule is Clc1cccc(OCC2[C@H]3CNC[C@@H]23)c1. The van der Waals surface area contributed by atoms with Gasteiger partial charge in [0.25, 0.3) is 0 Å². The lowest BCUT2D eigenvalue weighted by Crippen LogP contribution is -2.17. The van der Waals surface area contributed by atoms with Crippen LogP contribution in [0, 0.1) is 17.8 Å². The predicted octanol–water partition coefficient (Wildman–Crippen LogP) is 2.18. The largest absolute Gasteiger partial charge is 0.493 e. The van der Waals surface area contributed by atoms with E-state index in [1.165, 1.54) is 13.1 Å². The van der Waals surface area contributed by atoms with Crippen LogP contribution < -0.4 is 10.1 Å². The van der Waals surface area contributed by atoms with Crippen molar-refractivity contribution in [2.45, 2.75) is 0 Å². The second-order valence-corrected chi connectivity index (χ2v) is 4.85. The third kappa shape index (κ3) is 1.84. The highest BCUT2D eigenvalue weighted by atomic mass is 35.5. The second-order valence-electron chi connectivity index (χ2n) is 4.42. The van der Waals surface area contributed by atoms with Gasteiger partial charge < -0.3 is 10.1 Å². The summed E-state index contributed by atoms with van der Waals surface area (Å²) in [6, 6.07) is 7.62. The third-order valence-corrected chi connectivity index (χ3v) is 3.74. The van der Waals surface area contributed by atoms with Crippen molar-refractivity contribution in [3.8, 4) is 5.75 Å². The zero-order valence-electron chi connectivity index (χ0n) is 8.45. The summed E-state index contributed by atoms with van der Waals surface area (Å²) >= 11 is 5.88. The lowest BCUT2D eigenvalue weighted by Gasteiger charge is -2.07. The van der Waals surface area contributed by atoms with Gasteiger partial charge in [-0.05, 0) is 43.1 Å². The Morgan fingerprint density at radius 1 is 1.33 bits per heavy atom. The second kappa shape index (κ2) is 3.69. The fraction of sp³-hybridized carbons (Fsp3) is 0.500. The Kier molecular flexibility index (Phi) is 2.33. The van der Waals surface area contributed by atoms with E-state index in [-0.39, 0.29) is 0 Å². The highest BCUT2D eigenvalue weighted by Gasteiger charge is 2.52. The predicted molar refractivity (Wildman–Crippen MR) is 60.3 cm³/mol. The summed E-state index contributed by atoms with van der Waals surface area (Å²) in [6.07, 6.45) is 0. The summed E-state index contributed by atoms with van der Waals surface area (Å²) in [7, 11) is 0. The zero-order chi connectivity index (χ0) is 10.3. The maximum Gasteiger partial charge on any atom is 0.120 e. The summed E-state index contributed by atoms with van der Waals surface area (Å²) in [6.45, 7) is 3.19. The van der Waals surface area contributed by atoms with E-state index in [1.54, 1.807) is 0 Å². The molecule has 0 aromatic heterocycles. The van der Waals surface area contributed by atoms with Crippen molar-refractivity contribution in [1.29, 1.82) is 0 Å². The van der Waals surface area contributed by atoms with Crippen molar-refractivity contribution in [2.24, 2.45) is 17.8 Å². The molecule has 1 N–H and O–H groups in total. The van der Waals surface area contributed by atoms with Gasteiger partial charge in [-0.25, -0.2) is 0 Å². The number of nitrogens with one attached hydrogen (secondary N) is 1. The Morgan fingerprint density at radius 3 is 2.87 bits per heavy atom. The average Bonchev–Trinajstić information content (AvgIpc) is 2.69. The van der Waals surface area contributed by atoms with E-state index in [2.05, 4.69) is 5.32 Å². The molecule has 1 aromatic rings. The molecule has 3 atom stereocenters. The quantitative estimate of drug-likeness (QED) is 0.848. The van der Waals surface area contributed by atoms with Crippen LogP contribution in [0.4, 0.5) is 0 Å². The van der Waals surface area contributed by atoms with E-state index in [1.807, 2.05) is 24.3 Å². The van der Waals surface area contributed by atoms with Gasteiger partial charge in [0.1, 0.15) is 5.75 Å². The van der Waals surface area contributed by atoms with E-state index in [9.17, 15) is 0 Å². The molecular formula is C12H14ClNO. The smallest absolute Gasteiger partial charge is 0.120 e. The molecule has 1 aromatic carbocycles. The number of hydrogen-bond donors (Lipinski definition) is 1. The number of rotatable bonds is 3. The number of halogens is 1. The summed E-state index contributed by atoms with van der Waals surface area (Å²) in [5.41, 5.74) is 0. The Morgan fingerprint density at radius 2 is 2.13 bits per heavy atom. The highest BCUT2D eigenvalue weighted by molar-refractivity contribution is 6.30. The minimum Gasteiger partial charge on any atom is -0.493 e. The van der Waals surface area contributed by atoms with Crippen LogP contribution in [0.1, 0.15) is 0 Å². The molecule has 0 amide bonds. The molecule has 1 saturated carbocycles. The summed E-state index contributed by atoms with van der Waals surface area (Å²) in [5.74, 6) is 3.39. The summed E-state index contributed by atoms with van der Waals surface area (Å²) in [4.78, 5) is 0. The first-order valence-electron chi connectivity index (χ1n) is 5.44. The van der Waals surface area contributed by atoms with Crippen molar-refractivity contribution in [3.63, 3.8) is 0 Å². The van der Waals surface area contributed by atoms with Gasteiger partial charge in [0.05, 0.1) is 6.61 Å². The van der Waals surface area contributed by atoms with Gasteiger partial charge in [-0.15, -0.1) is 0 Å². The molecular weight excluding hydrogens is 210 g/mol. The van der Waals surface area contributed by atoms with Crippen LogP contribution in [0.25, 0.3) is 0 Å². The van der Waals surface area contributed by atoms with Gasteiger partial charge >= 0.3 is 0 Å². The summed E-state index contributed by atoms with van der Waals surface area (Å²) in [5, 5.41) is 4.12. The molecule has 80 valence electrons. The first kappa shape index (κ1) is 9.49. The highest BCUT2D eigenvalue weighted by Crippen LogP contribution is 2.48. The van der Waals surface area contributed by atoms with E-state index >= 15 is 0 Å². The van der Waals surface area contributed by atoms with Crippen LogP contribution >= 0.6 is 11.6 Å². The van der Waals surface area contributed by atoms with E-state index < -0.39 is 0 Å². The topological polar surface area (TPSA) is 21.3 Å². The molecule has 2 fully saturated rings. The van der Waals surface area contributed by atoms with Crippen LogP contribution in [0.3, 0.4) is 0 Å². The van der Waals surface area contributed by atoms with Crippen LogP contribution in [-0.2, 0) is 0 Å². The van der Waals surface area contributed by atoms with Crippen molar-refractivity contribution >= 4 is 11.6 Å². The molecule has 15 heavy (non-hydrogen) atoms. The minimum absolute atomic E-state index is 0.741. The fourth-order valence-corrected chi connectivity index (χ4v) is 2.72. The average molecular weight is 224 g/mol. The van der Waals surface area contributed by atoms with E-state index in [4.69, 9.17) is 16.3 Å². The normalized spacial score (nSPS) is 32.5. The van der Waals surface area contributed by atoms with Gasteiger partial charge in [-0.1, -0.05) is 17.7 Å². The third-order valence-electron chi connectivity index (χ3n) is 3.51. The Balaban J connectivity index is 1.54. The standard InChI is InChI=1S/C12H14ClNO/c13-8-2-1-3-9(4-8)15-7-12-10-5-14-6-11(10)12/h1-4,10-12,14H,5-7H2/t10-,11+,12?. The van der Waals surface area contributed by atoms with Crippen LogP contribution in [-0.4, -0.2) is 19.7 Å². The van der Waals surface area contributed by atoms with Gasteiger partial charge in [0, 0.05) is 10.9 Å². The fourth-order valence-electron chi connectivity index (χ4n) is 2.54. The maximum atomic E-state index is 5.88. The number of fused-ring (bicyclic) bond motifs is 1. The first-order valence-corrected chi connectivity index (χ1v) is 5.81. The maximum absolute atomic E-state index is 5.88. The number of piperidine rings is 1. The molecule has 0 spiro atoms. The zero-order valence-corrected chi connectivity index (χ0v) is 9.20. The molecule has 1 unspecified atom stereocenters. The van der Waals surface area contributed by atoms with Gasteiger partial charge in [0.2, 0.25) is 0 Å². The Hall–Kier alpha value is -0.730. The van der Waals surface area contributed by atoms with E-state index in [0.717, 1.165) is 35.1 Å². The first-order chi connectivity index (χ1) is 7.34. The molecule has 1 heterocycles. The number of ether oxygens (including phenoxy) is 1. The number of hydrogen-bond acceptors (Lipinski definition) is 2. The van der Waals surface area contributed by atoms with Crippen LogP contribution in [0.15, 0.2) is 24.3 Å². The van der Waals surface area contributed by atoms with Crippen LogP contribution in [0.5, 0.6) is 5.75 Å².